The van der Waals surface area contributed by atoms with Crippen LogP contribution in [0.3, 0.4) is 0 Å². The highest BCUT2D eigenvalue weighted by atomic mass is 16.5. The molecule has 5 nitrogen and oxygen atoms in total. The highest BCUT2D eigenvalue weighted by molar-refractivity contribution is 4.78. The van der Waals surface area contributed by atoms with Gasteiger partial charge in [0.25, 0.3) is 0 Å². The minimum absolute atomic E-state index is 0.339. The molecule has 1 aliphatic rings. The summed E-state index contributed by atoms with van der Waals surface area (Å²) >= 11 is 0. The van der Waals surface area contributed by atoms with Crippen LogP contribution in [0.15, 0.2) is 0 Å². The van der Waals surface area contributed by atoms with Crippen molar-refractivity contribution in [2.24, 2.45) is 0 Å². The number of aliphatic hydroxyl groups excluding tert-OH is 1. The predicted molar refractivity (Wildman–Crippen MR) is 76.3 cm³/mol. The zero-order valence-electron chi connectivity index (χ0n) is 12.6. The Morgan fingerprint density at radius 1 is 1.37 bits per heavy atom. The molecule has 0 aromatic rings. The van der Waals surface area contributed by atoms with Crippen molar-refractivity contribution in [2.45, 2.75) is 50.4 Å². The molecule has 5 heteroatoms. The van der Waals surface area contributed by atoms with Crippen LogP contribution >= 0.6 is 0 Å². The SMILES string of the molecule is CN(C)CC(C)(O)CNCC(O)COC1CCCC1. The molecule has 1 rings (SSSR count). The van der Waals surface area contributed by atoms with E-state index < -0.39 is 11.7 Å². The number of nitrogens with one attached hydrogen (secondary N) is 1. The standard InChI is InChI=1S/C14H30N2O3/c1-14(18,11-16(2)3)10-15-8-12(17)9-19-13-6-4-5-7-13/h12-13,15,17-18H,4-11H2,1-3H3. The second-order valence-corrected chi connectivity index (χ2v) is 6.26. The summed E-state index contributed by atoms with van der Waals surface area (Å²) in [7, 11) is 3.86. The van der Waals surface area contributed by atoms with Crippen molar-refractivity contribution in [1.29, 1.82) is 0 Å². The lowest BCUT2D eigenvalue weighted by atomic mass is 10.1. The average Bonchev–Trinajstić information content (AvgIpc) is 2.76. The molecule has 0 radical (unpaired) electrons. The summed E-state index contributed by atoms with van der Waals surface area (Å²) in [5.41, 5.74) is -0.782. The lowest BCUT2D eigenvalue weighted by Crippen LogP contribution is -2.47. The van der Waals surface area contributed by atoms with Crippen LogP contribution in [0.25, 0.3) is 0 Å². The van der Waals surface area contributed by atoms with Crippen LogP contribution in [0.5, 0.6) is 0 Å². The first-order valence-electron chi connectivity index (χ1n) is 7.26. The van der Waals surface area contributed by atoms with Crippen molar-refractivity contribution in [3.8, 4) is 0 Å². The maximum atomic E-state index is 10.1. The van der Waals surface area contributed by atoms with Gasteiger partial charge in [0.1, 0.15) is 0 Å². The van der Waals surface area contributed by atoms with E-state index in [9.17, 15) is 10.2 Å². The van der Waals surface area contributed by atoms with Crippen molar-refractivity contribution in [3.63, 3.8) is 0 Å². The minimum atomic E-state index is -0.782. The quantitative estimate of drug-likeness (QED) is 0.561. The molecule has 0 amide bonds. The molecule has 19 heavy (non-hydrogen) atoms. The molecule has 1 fully saturated rings. The number of nitrogens with zero attached hydrogens (tertiary/aromatic N) is 1. The highest BCUT2D eigenvalue weighted by Gasteiger charge is 2.21. The van der Waals surface area contributed by atoms with Crippen LogP contribution in [0.1, 0.15) is 32.6 Å². The van der Waals surface area contributed by atoms with E-state index in [0.717, 1.165) is 12.8 Å². The Morgan fingerprint density at radius 3 is 2.58 bits per heavy atom. The van der Waals surface area contributed by atoms with Crippen molar-refractivity contribution < 1.29 is 14.9 Å². The molecule has 3 N–H and O–H groups in total. The van der Waals surface area contributed by atoms with Gasteiger partial charge in [0, 0.05) is 19.6 Å². The van der Waals surface area contributed by atoms with Crippen molar-refractivity contribution in [1.82, 2.24) is 10.2 Å². The Hall–Kier alpha value is -0.200. The Balaban J connectivity index is 2.07. The van der Waals surface area contributed by atoms with Crippen LogP contribution < -0.4 is 5.32 Å². The second-order valence-electron chi connectivity index (χ2n) is 6.26. The fourth-order valence-corrected chi connectivity index (χ4v) is 2.61. The summed E-state index contributed by atoms with van der Waals surface area (Å²) in [6.45, 7) is 3.69. The molecule has 0 spiro atoms. The van der Waals surface area contributed by atoms with Crippen LogP contribution in [-0.2, 0) is 4.74 Å². The summed E-state index contributed by atoms with van der Waals surface area (Å²) in [5.74, 6) is 0. The van der Waals surface area contributed by atoms with Gasteiger partial charge >= 0.3 is 0 Å². The molecule has 0 aliphatic heterocycles. The summed E-state index contributed by atoms with van der Waals surface area (Å²) in [6.07, 6.45) is 4.57. The monoisotopic (exact) mass is 274 g/mol. The van der Waals surface area contributed by atoms with Gasteiger partial charge in [-0.1, -0.05) is 12.8 Å². The number of rotatable bonds is 9. The van der Waals surface area contributed by atoms with E-state index in [1.54, 1.807) is 6.92 Å². The second kappa shape index (κ2) is 8.17. The van der Waals surface area contributed by atoms with Gasteiger partial charge in [-0.25, -0.2) is 0 Å². The van der Waals surface area contributed by atoms with E-state index in [-0.39, 0.29) is 0 Å². The average molecular weight is 274 g/mol. The topological polar surface area (TPSA) is 65.0 Å². The molecule has 0 aromatic carbocycles. The largest absolute Gasteiger partial charge is 0.389 e. The zero-order valence-corrected chi connectivity index (χ0v) is 12.6. The molecule has 1 saturated carbocycles. The molecule has 2 unspecified atom stereocenters. The number of hydrogen-bond acceptors (Lipinski definition) is 5. The molecular weight excluding hydrogens is 244 g/mol. The van der Waals surface area contributed by atoms with E-state index in [2.05, 4.69) is 5.32 Å². The molecule has 0 heterocycles. The third kappa shape index (κ3) is 7.84. The molecule has 0 aromatic heterocycles. The number of ether oxygens (including phenoxy) is 1. The molecule has 114 valence electrons. The minimum Gasteiger partial charge on any atom is -0.389 e. The van der Waals surface area contributed by atoms with E-state index in [1.807, 2.05) is 19.0 Å². The fraction of sp³-hybridized carbons (Fsp3) is 1.00. The molecular formula is C14H30N2O3. The van der Waals surface area contributed by atoms with Gasteiger partial charge in [0.15, 0.2) is 0 Å². The molecule has 2 atom stereocenters. The number of likely N-dealkylation sites (N-methyl/N-ethyl adjacent to an activating group) is 1. The third-order valence-corrected chi connectivity index (χ3v) is 3.37. The maximum Gasteiger partial charge on any atom is 0.0897 e. The normalized spacial score (nSPS) is 21.8. The summed E-state index contributed by atoms with van der Waals surface area (Å²) in [4.78, 5) is 1.95. The first-order valence-corrected chi connectivity index (χ1v) is 7.26. The van der Waals surface area contributed by atoms with Gasteiger partial charge in [-0.3, -0.25) is 0 Å². The van der Waals surface area contributed by atoms with E-state index in [1.165, 1.54) is 12.8 Å². The number of hydrogen-bond donors (Lipinski definition) is 3. The molecule has 0 bridgehead atoms. The Kier molecular flexibility index (Phi) is 7.25. The van der Waals surface area contributed by atoms with Gasteiger partial charge < -0.3 is 25.2 Å². The van der Waals surface area contributed by atoms with Crippen LogP contribution in [0.2, 0.25) is 0 Å². The Labute approximate surface area is 116 Å². The van der Waals surface area contributed by atoms with Crippen LogP contribution in [0.4, 0.5) is 0 Å². The first kappa shape index (κ1) is 16.9. The molecule has 1 aliphatic carbocycles. The zero-order chi connectivity index (χ0) is 14.3. The fourth-order valence-electron chi connectivity index (χ4n) is 2.61. The van der Waals surface area contributed by atoms with E-state index in [4.69, 9.17) is 4.74 Å². The van der Waals surface area contributed by atoms with Crippen molar-refractivity contribution >= 4 is 0 Å². The van der Waals surface area contributed by atoms with Gasteiger partial charge in [-0.2, -0.15) is 0 Å². The lowest BCUT2D eigenvalue weighted by Gasteiger charge is -2.27. The van der Waals surface area contributed by atoms with Gasteiger partial charge in [0.2, 0.25) is 0 Å². The number of aliphatic hydroxyl groups is 2. The smallest absolute Gasteiger partial charge is 0.0897 e. The summed E-state index contributed by atoms with van der Waals surface area (Å²) < 4.78 is 5.65. The predicted octanol–water partition coefficient (Wildman–Crippen LogP) is 0.209. The highest BCUT2D eigenvalue weighted by Crippen LogP contribution is 2.20. The molecule has 0 saturated heterocycles. The van der Waals surface area contributed by atoms with Crippen molar-refractivity contribution in [3.05, 3.63) is 0 Å². The van der Waals surface area contributed by atoms with Gasteiger partial charge in [0.05, 0.1) is 24.4 Å². The van der Waals surface area contributed by atoms with E-state index >= 15 is 0 Å². The van der Waals surface area contributed by atoms with E-state index in [0.29, 0.717) is 32.3 Å². The van der Waals surface area contributed by atoms with Crippen molar-refractivity contribution in [2.75, 3.05) is 40.3 Å². The van der Waals surface area contributed by atoms with Gasteiger partial charge in [-0.15, -0.1) is 0 Å². The van der Waals surface area contributed by atoms with Crippen LogP contribution in [-0.4, -0.2) is 73.3 Å². The Bertz CT molecular complexity index is 241. The summed E-state index contributed by atoms with van der Waals surface area (Å²) in [5, 5.41) is 23.0. The first-order chi connectivity index (χ1) is 8.89. The summed E-state index contributed by atoms with van der Waals surface area (Å²) in [6, 6.07) is 0. The Morgan fingerprint density at radius 2 is 2.00 bits per heavy atom. The van der Waals surface area contributed by atoms with Gasteiger partial charge in [-0.05, 0) is 33.9 Å². The maximum absolute atomic E-state index is 10.1. The lowest BCUT2D eigenvalue weighted by molar-refractivity contribution is -0.0102. The third-order valence-electron chi connectivity index (χ3n) is 3.37. The van der Waals surface area contributed by atoms with Crippen LogP contribution in [0, 0.1) is 0 Å².